The van der Waals surface area contributed by atoms with Crippen molar-refractivity contribution in [2.45, 2.75) is 26.2 Å². The SMILES string of the molecule is CC(C)c1nc(N)cc(NCCc2nccn2C)n1. The van der Waals surface area contributed by atoms with E-state index in [1.54, 1.807) is 12.3 Å². The maximum absolute atomic E-state index is 5.78. The quantitative estimate of drug-likeness (QED) is 0.852. The van der Waals surface area contributed by atoms with Crippen molar-refractivity contribution in [3.63, 3.8) is 0 Å². The molecule has 0 fully saturated rings. The number of nitrogens with zero attached hydrogens (tertiary/aromatic N) is 4. The van der Waals surface area contributed by atoms with Crippen molar-refractivity contribution in [3.05, 3.63) is 30.1 Å². The highest BCUT2D eigenvalue weighted by molar-refractivity contribution is 5.44. The fourth-order valence-electron chi connectivity index (χ4n) is 1.77. The smallest absolute Gasteiger partial charge is 0.135 e. The molecule has 0 aliphatic heterocycles. The van der Waals surface area contributed by atoms with Gasteiger partial charge in [-0.25, -0.2) is 15.0 Å². The predicted molar refractivity (Wildman–Crippen MR) is 75.9 cm³/mol. The molecular formula is C13H20N6. The number of aryl methyl sites for hydroxylation is 1. The Morgan fingerprint density at radius 3 is 2.79 bits per heavy atom. The zero-order valence-electron chi connectivity index (χ0n) is 11.6. The molecule has 3 N–H and O–H groups in total. The molecule has 0 aliphatic rings. The normalized spacial score (nSPS) is 10.9. The van der Waals surface area contributed by atoms with Gasteiger partial charge < -0.3 is 15.6 Å². The molecule has 102 valence electrons. The third-order valence-corrected chi connectivity index (χ3v) is 2.86. The largest absolute Gasteiger partial charge is 0.384 e. The summed E-state index contributed by atoms with van der Waals surface area (Å²) in [6.45, 7) is 4.86. The maximum Gasteiger partial charge on any atom is 0.135 e. The van der Waals surface area contributed by atoms with Gasteiger partial charge in [-0.1, -0.05) is 13.8 Å². The molecule has 0 saturated carbocycles. The monoisotopic (exact) mass is 260 g/mol. The van der Waals surface area contributed by atoms with Gasteiger partial charge in [0, 0.05) is 44.4 Å². The summed E-state index contributed by atoms with van der Waals surface area (Å²) in [5.41, 5.74) is 5.78. The van der Waals surface area contributed by atoms with E-state index in [0.717, 1.165) is 30.4 Å². The van der Waals surface area contributed by atoms with Gasteiger partial charge in [0.05, 0.1) is 0 Å². The van der Waals surface area contributed by atoms with Gasteiger partial charge in [-0.15, -0.1) is 0 Å². The number of nitrogens with two attached hydrogens (primary N) is 1. The lowest BCUT2D eigenvalue weighted by atomic mass is 10.2. The third-order valence-electron chi connectivity index (χ3n) is 2.86. The number of imidazole rings is 1. The number of rotatable bonds is 5. The summed E-state index contributed by atoms with van der Waals surface area (Å²) in [5.74, 6) is 3.33. The van der Waals surface area contributed by atoms with E-state index in [2.05, 4.69) is 20.3 Å². The first-order valence-electron chi connectivity index (χ1n) is 6.41. The van der Waals surface area contributed by atoms with Crippen molar-refractivity contribution in [2.75, 3.05) is 17.6 Å². The molecule has 2 rings (SSSR count). The molecule has 0 spiro atoms. The maximum atomic E-state index is 5.78. The van der Waals surface area contributed by atoms with Crippen molar-refractivity contribution in [3.8, 4) is 0 Å². The molecule has 0 bridgehead atoms. The van der Waals surface area contributed by atoms with E-state index in [0.29, 0.717) is 5.82 Å². The highest BCUT2D eigenvalue weighted by Crippen LogP contribution is 2.14. The first-order valence-corrected chi connectivity index (χ1v) is 6.41. The van der Waals surface area contributed by atoms with E-state index < -0.39 is 0 Å². The summed E-state index contributed by atoms with van der Waals surface area (Å²) in [7, 11) is 1.99. The van der Waals surface area contributed by atoms with Crippen LogP contribution in [0.3, 0.4) is 0 Å². The fraction of sp³-hybridized carbons (Fsp3) is 0.462. The second-order valence-corrected chi connectivity index (χ2v) is 4.82. The Kier molecular flexibility index (Phi) is 3.99. The number of hydrogen-bond donors (Lipinski definition) is 2. The van der Waals surface area contributed by atoms with Crippen LogP contribution < -0.4 is 11.1 Å². The summed E-state index contributed by atoms with van der Waals surface area (Å²) in [5, 5.41) is 3.26. The molecule has 19 heavy (non-hydrogen) atoms. The minimum absolute atomic E-state index is 0.263. The van der Waals surface area contributed by atoms with Crippen LogP contribution in [0.1, 0.15) is 31.4 Å². The summed E-state index contributed by atoms with van der Waals surface area (Å²) >= 11 is 0. The molecule has 0 aliphatic carbocycles. The number of aromatic nitrogens is 4. The van der Waals surface area contributed by atoms with Crippen LogP contribution in [-0.4, -0.2) is 26.1 Å². The first-order chi connectivity index (χ1) is 9.06. The van der Waals surface area contributed by atoms with Gasteiger partial charge in [0.2, 0.25) is 0 Å². The topological polar surface area (TPSA) is 81.6 Å². The molecule has 2 heterocycles. The third kappa shape index (κ3) is 3.43. The second-order valence-electron chi connectivity index (χ2n) is 4.82. The Labute approximate surface area is 113 Å². The van der Waals surface area contributed by atoms with Gasteiger partial charge in [0.25, 0.3) is 0 Å². The van der Waals surface area contributed by atoms with Gasteiger partial charge in [-0.3, -0.25) is 0 Å². The molecule has 6 heteroatoms. The molecule has 0 amide bonds. The Balaban J connectivity index is 1.98. The molecule has 6 nitrogen and oxygen atoms in total. The van der Waals surface area contributed by atoms with Gasteiger partial charge in [0.1, 0.15) is 23.3 Å². The standard InChI is InChI=1S/C13H20N6/c1-9(2)13-17-10(14)8-11(18-13)15-5-4-12-16-6-7-19(12)3/h6-9H,4-5H2,1-3H3,(H3,14,15,17,18). The van der Waals surface area contributed by atoms with Crippen LogP contribution in [-0.2, 0) is 13.5 Å². The van der Waals surface area contributed by atoms with Crippen LogP contribution in [0.5, 0.6) is 0 Å². The van der Waals surface area contributed by atoms with Crippen molar-refractivity contribution in [1.82, 2.24) is 19.5 Å². The highest BCUT2D eigenvalue weighted by Gasteiger charge is 2.06. The Morgan fingerprint density at radius 1 is 1.37 bits per heavy atom. The van der Waals surface area contributed by atoms with Crippen LogP contribution in [0.2, 0.25) is 0 Å². The van der Waals surface area contributed by atoms with E-state index in [1.165, 1.54) is 0 Å². The minimum atomic E-state index is 0.263. The Hall–Kier alpha value is -2.11. The summed E-state index contributed by atoms with van der Waals surface area (Å²) in [6.07, 6.45) is 4.58. The lowest BCUT2D eigenvalue weighted by Gasteiger charge is -2.10. The molecule has 0 aromatic carbocycles. The predicted octanol–water partition coefficient (Wildman–Crippen LogP) is 1.57. The second kappa shape index (κ2) is 5.69. The number of anilines is 2. The highest BCUT2D eigenvalue weighted by atomic mass is 15.1. The van der Waals surface area contributed by atoms with Crippen molar-refractivity contribution in [1.29, 1.82) is 0 Å². The number of nitrogen functional groups attached to an aromatic ring is 1. The Morgan fingerprint density at radius 2 is 2.16 bits per heavy atom. The van der Waals surface area contributed by atoms with E-state index in [-0.39, 0.29) is 5.92 Å². The molecule has 0 unspecified atom stereocenters. The van der Waals surface area contributed by atoms with E-state index >= 15 is 0 Å². The van der Waals surface area contributed by atoms with Crippen molar-refractivity contribution in [2.24, 2.45) is 7.05 Å². The van der Waals surface area contributed by atoms with Crippen LogP contribution in [0, 0.1) is 0 Å². The van der Waals surface area contributed by atoms with E-state index in [1.807, 2.05) is 31.7 Å². The molecule has 2 aromatic rings. The van der Waals surface area contributed by atoms with Crippen LogP contribution in [0.15, 0.2) is 18.5 Å². The molecule has 2 aromatic heterocycles. The average Bonchev–Trinajstić information content (AvgIpc) is 2.74. The van der Waals surface area contributed by atoms with Crippen molar-refractivity contribution < 1.29 is 0 Å². The molecule has 0 radical (unpaired) electrons. The van der Waals surface area contributed by atoms with Crippen LogP contribution in [0.4, 0.5) is 11.6 Å². The minimum Gasteiger partial charge on any atom is -0.384 e. The summed E-state index contributed by atoms with van der Waals surface area (Å²) in [4.78, 5) is 12.9. The van der Waals surface area contributed by atoms with Crippen LogP contribution in [0.25, 0.3) is 0 Å². The zero-order valence-corrected chi connectivity index (χ0v) is 11.6. The average molecular weight is 260 g/mol. The number of nitrogens with one attached hydrogen (secondary N) is 1. The zero-order chi connectivity index (χ0) is 13.8. The summed E-state index contributed by atoms with van der Waals surface area (Å²) in [6, 6.07) is 1.75. The Bertz CT molecular complexity index is 546. The lowest BCUT2D eigenvalue weighted by Crippen LogP contribution is -2.11. The molecule has 0 saturated heterocycles. The van der Waals surface area contributed by atoms with E-state index in [4.69, 9.17) is 5.73 Å². The lowest BCUT2D eigenvalue weighted by molar-refractivity contribution is 0.770. The van der Waals surface area contributed by atoms with Crippen molar-refractivity contribution >= 4 is 11.6 Å². The number of hydrogen-bond acceptors (Lipinski definition) is 5. The van der Waals surface area contributed by atoms with E-state index in [9.17, 15) is 0 Å². The first kappa shape index (κ1) is 13.3. The van der Waals surface area contributed by atoms with Crippen LogP contribution >= 0.6 is 0 Å². The fourth-order valence-corrected chi connectivity index (χ4v) is 1.77. The van der Waals surface area contributed by atoms with Gasteiger partial charge in [-0.05, 0) is 0 Å². The van der Waals surface area contributed by atoms with Gasteiger partial charge >= 0.3 is 0 Å². The van der Waals surface area contributed by atoms with Gasteiger partial charge in [-0.2, -0.15) is 0 Å². The molecule has 0 atom stereocenters. The summed E-state index contributed by atoms with van der Waals surface area (Å²) < 4.78 is 2.01. The van der Waals surface area contributed by atoms with Gasteiger partial charge in [0.15, 0.2) is 0 Å². The molecular weight excluding hydrogens is 240 g/mol.